The van der Waals surface area contributed by atoms with Gasteiger partial charge in [0.2, 0.25) is 0 Å². The van der Waals surface area contributed by atoms with Crippen LogP contribution in [-0.4, -0.2) is 41.6 Å². The number of hydrogen-bond acceptors (Lipinski definition) is 9. The molecule has 0 bridgehead atoms. The van der Waals surface area contributed by atoms with Crippen molar-refractivity contribution in [3.8, 4) is 17.6 Å². The van der Waals surface area contributed by atoms with Gasteiger partial charge in [-0.2, -0.15) is 5.26 Å². The van der Waals surface area contributed by atoms with Crippen LogP contribution >= 0.6 is 11.3 Å². The highest BCUT2D eigenvalue weighted by Crippen LogP contribution is 2.50. The highest BCUT2D eigenvalue weighted by atomic mass is 32.1. The van der Waals surface area contributed by atoms with E-state index in [1.807, 2.05) is 43.3 Å². The SMILES string of the molecule is Cc1cc(Oc2ccccc2)ccc1C1(N)C(=O)C(N)c2c(C(=O)NC3CCCN(C(=O)/C(C#N)=C/C4CC4)C3)sc3c(N)ccc1c23. The van der Waals surface area contributed by atoms with Gasteiger partial charge >= 0.3 is 0 Å². The Hall–Kier alpha value is -5.02. The van der Waals surface area contributed by atoms with E-state index in [4.69, 9.17) is 21.9 Å². The number of Topliss-reactive ketones (excluding diaryl/α,β-unsaturated/α-hetero) is 1. The number of ketones is 1. The molecule has 3 atom stereocenters. The van der Waals surface area contributed by atoms with Gasteiger partial charge in [0.25, 0.3) is 11.8 Å². The number of hydrogen-bond donors (Lipinski definition) is 4. The molecule has 11 heteroatoms. The normalized spacial score (nSPS) is 22.3. The van der Waals surface area contributed by atoms with Crippen LogP contribution in [0.2, 0.25) is 0 Å². The molecule has 2 aliphatic carbocycles. The van der Waals surface area contributed by atoms with Gasteiger partial charge in [-0.05, 0) is 85.5 Å². The number of para-hydroxylation sites is 1. The van der Waals surface area contributed by atoms with Gasteiger partial charge in [-0.1, -0.05) is 36.4 Å². The first-order chi connectivity index (χ1) is 23.1. The molecule has 2 amide bonds. The minimum atomic E-state index is -1.60. The summed E-state index contributed by atoms with van der Waals surface area (Å²) in [5.74, 6) is 0.441. The lowest BCUT2D eigenvalue weighted by molar-refractivity contribution is -0.128. The number of piperidine rings is 1. The number of nitriles is 1. The summed E-state index contributed by atoms with van der Waals surface area (Å²) in [4.78, 5) is 43.3. The Labute approximate surface area is 282 Å². The third kappa shape index (κ3) is 5.42. The highest BCUT2D eigenvalue weighted by molar-refractivity contribution is 7.21. The van der Waals surface area contributed by atoms with Gasteiger partial charge in [-0.3, -0.25) is 14.4 Å². The first-order valence-corrected chi connectivity index (χ1v) is 16.9. The molecule has 10 nitrogen and oxygen atoms in total. The van der Waals surface area contributed by atoms with Crippen molar-refractivity contribution < 1.29 is 19.1 Å². The van der Waals surface area contributed by atoms with E-state index in [1.165, 1.54) is 11.3 Å². The van der Waals surface area contributed by atoms with Crippen molar-refractivity contribution in [2.45, 2.75) is 50.2 Å². The standard InChI is InChI=1S/C37H36N6O4S/c1-20-16-25(47-24-7-3-2-4-8-24)11-12-26(20)37(41)27-13-14-28(39)32-29(27)30(31(40)34(37)44)33(48-32)35(45)42-23-6-5-15-43(19-23)36(46)22(18-38)17-21-9-10-21/h2-4,7-8,11-14,16-17,21,23,31H,5-6,9-10,15,19,39-41H2,1H3,(H,42,45)/b22-17+. The Balaban J connectivity index is 1.20. The third-order valence-corrected chi connectivity index (χ3v) is 10.8. The van der Waals surface area contributed by atoms with Gasteiger partial charge < -0.3 is 32.2 Å². The molecule has 0 radical (unpaired) electrons. The number of aryl methyl sites for hydroxylation is 1. The molecule has 1 saturated carbocycles. The Morgan fingerprint density at radius 1 is 1.08 bits per heavy atom. The number of carbonyl (C=O) groups is 3. The molecule has 3 aromatic carbocycles. The molecule has 3 unspecified atom stereocenters. The summed E-state index contributed by atoms with van der Waals surface area (Å²) in [7, 11) is 0. The molecule has 1 aromatic heterocycles. The summed E-state index contributed by atoms with van der Waals surface area (Å²) >= 11 is 1.19. The number of rotatable bonds is 7. The number of benzene rings is 3. The van der Waals surface area contributed by atoms with Gasteiger partial charge in [-0.15, -0.1) is 11.3 Å². The number of nitrogens with two attached hydrogens (primary N) is 3. The number of likely N-dealkylation sites (tertiary alicyclic amines) is 1. The first kappa shape index (κ1) is 31.6. The van der Waals surface area contributed by atoms with E-state index in [0.717, 1.165) is 18.4 Å². The van der Waals surface area contributed by atoms with E-state index >= 15 is 0 Å². The zero-order chi connectivity index (χ0) is 33.7. The van der Waals surface area contributed by atoms with E-state index in [-0.39, 0.29) is 24.1 Å². The van der Waals surface area contributed by atoms with E-state index in [1.54, 1.807) is 35.2 Å². The van der Waals surface area contributed by atoms with Crippen LogP contribution in [0.5, 0.6) is 11.5 Å². The lowest BCUT2D eigenvalue weighted by Crippen LogP contribution is -2.53. The molecule has 2 fully saturated rings. The van der Waals surface area contributed by atoms with E-state index in [2.05, 4.69) is 11.4 Å². The largest absolute Gasteiger partial charge is 0.457 e. The van der Waals surface area contributed by atoms with Crippen molar-refractivity contribution in [3.63, 3.8) is 0 Å². The van der Waals surface area contributed by atoms with Crippen LogP contribution in [-0.2, 0) is 15.1 Å². The average Bonchev–Trinajstić information content (AvgIpc) is 3.82. The average molecular weight is 661 g/mol. The number of anilines is 1. The van der Waals surface area contributed by atoms with Crippen LogP contribution in [0.25, 0.3) is 10.1 Å². The Kier molecular flexibility index (Phi) is 8.03. The van der Waals surface area contributed by atoms with Crippen molar-refractivity contribution >= 4 is 44.7 Å². The molecule has 3 aliphatic rings. The minimum absolute atomic E-state index is 0.157. The fraction of sp³-hybridized carbons (Fsp3) is 0.297. The van der Waals surface area contributed by atoms with Crippen LogP contribution in [0, 0.1) is 24.2 Å². The van der Waals surface area contributed by atoms with Gasteiger partial charge in [0.05, 0.1) is 15.6 Å². The number of amides is 2. The maximum absolute atomic E-state index is 14.3. The lowest BCUT2D eigenvalue weighted by atomic mass is 9.69. The highest BCUT2D eigenvalue weighted by Gasteiger charge is 2.49. The van der Waals surface area contributed by atoms with Crippen LogP contribution < -0.4 is 27.3 Å². The molecular weight excluding hydrogens is 625 g/mol. The van der Waals surface area contributed by atoms with E-state index < -0.39 is 23.3 Å². The lowest BCUT2D eigenvalue weighted by Gasteiger charge is -2.37. The van der Waals surface area contributed by atoms with Crippen LogP contribution in [0.3, 0.4) is 0 Å². The van der Waals surface area contributed by atoms with Crippen LogP contribution in [0.4, 0.5) is 5.69 Å². The van der Waals surface area contributed by atoms with Crippen LogP contribution in [0.1, 0.15) is 63.7 Å². The second-order valence-corrected chi connectivity index (χ2v) is 13.9. The van der Waals surface area contributed by atoms with Gasteiger partial charge in [0.1, 0.15) is 28.7 Å². The van der Waals surface area contributed by atoms with E-state index in [0.29, 0.717) is 74.1 Å². The Morgan fingerprint density at radius 2 is 1.83 bits per heavy atom. The van der Waals surface area contributed by atoms with Crippen LogP contribution in [0.15, 0.2) is 72.3 Å². The zero-order valence-corrected chi connectivity index (χ0v) is 27.3. The van der Waals surface area contributed by atoms with Gasteiger partial charge in [0, 0.05) is 35.8 Å². The van der Waals surface area contributed by atoms with Crippen molar-refractivity contribution in [3.05, 3.63) is 99.4 Å². The summed E-state index contributed by atoms with van der Waals surface area (Å²) in [6.07, 6.45) is 5.09. The Morgan fingerprint density at radius 3 is 2.54 bits per heavy atom. The number of nitrogen functional groups attached to an aromatic ring is 1. The molecule has 1 aliphatic heterocycles. The maximum Gasteiger partial charge on any atom is 0.264 e. The summed E-state index contributed by atoms with van der Waals surface area (Å²) < 4.78 is 6.65. The summed E-state index contributed by atoms with van der Waals surface area (Å²) in [5, 5.41) is 13.3. The second kappa shape index (κ2) is 12.2. The predicted molar refractivity (Wildman–Crippen MR) is 184 cm³/mol. The molecule has 1 saturated heterocycles. The van der Waals surface area contributed by atoms with Gasteiger partial charge in [0.15, 0.2) is 5.78 Å². The van der Waals surface area contributed by atoms with Crippen molar-refractivity contribution in [2.24, 2.45) is 17.4 Å². The predicted octanol–water partition coefficient (Wildman–Crippen LogP) is 4.95. The number of nitrogens with one attached hydrogen (secondary N) is 1. The van der Waals surface area contributed by atoms with Crippen molar-refractivity contribution in [1.29, 1.82) is 5.26 Å². The molecular formula is C37H36N6O4S. The number of allylic oxidation sites excluding steroid dienone is 1. The fourth-order valence-electron chi connectivity index (χ4n) is 6.95. The third-order valence-electron chi connectivity index (χ3n) is 9.54. The topological polar surface area (TPSA) is 178 Å². The number of nitrogens with zero attached hydrogens (tertiary/aromatic N) is 2. The fourth-order valence-corrected chi connectivity index (χ4v) is 8.15. The minimum Gasteiger partial charge on any atom is -0.457 e. The summed E-state index contributed by atoms with van der Waals surface area (Å²) in [6.45, 7) is 2.66. The molecule has 48 heavy (non-hydrogen) atoms. The zero-order valence-electron chi connectivity index (χ0n) is 26.5. The number of ether oxygens (including phenoxy) is 1. The smallest absolute Gasteiger partial charge is 0.264 e. The Bertz CT molecular complexity index is 2050. The second-order valence-electron chi connectivity index (χ2n) is 12.9. The van der Waals surface area contributed by atoms with Crippen molar-refractivity contribution in [2.75, 3.05) is 18.8 Å². The summed E-state index contributed by atoms with van der Waals surface area (Å²) in [6, 6.07) is 18.8. The maximum atomic E-state index is 14.3. The number of thiophene rings is 1. The molecule has 7 N–H and O–H groups in total. The van der Waals surface area contributed by atoms with E-state index in [9.17, 15) is 19.6 Å². The van der Waals surface area contributed by atoms with Gasteiger partial charge in [-0.25, -0.2) is 0 Å². The molecule has 7 rings (SSSR count). The molecule has 0 spiro atoms. The quantitative estimate of drug-likeness (QED) is 0.122. The molecule has 2 heterocycles. The number of carbonyl (C=O) groups excluding carboxylic acids is 3. The molecule has 244 valence electrons. The summed E-state index contributed by atoms with van der Waals surface area (Å²) in [5.41, 5.74) is 21.6. The molecule has 4 aromatic rings. The monoisotopic (exact) mass is 660 g/mol. The van der Waals surface area contributed by atoms with Crippen molar-refractivity contribution in [1.82, 2.24) is 10.2 Å². The first-order valence-electron chi connectivity index (χ1n) is 16.1.